The monoisotopic (exact) mass is 209 g/mol. The maximum absolute atomic E-state index is 5.62. The topological polar surface area (TPSA) is 44.5 Å². The molecular weight excluding hydrogens is 190 g/mol. The lowest BCUT2D eigenvalue weighted by molar-refractivity contribution is 0.310. The van der Waals surface area contributed by atoms with Crippen molar-refractivity contribution in [1.29, 1.82) is 0 Å². The molecule has 0 saturated carbocycles. The van der Waals surface area contributed by atoms with Crippen LogP contribution < -0.4 is 15.2 Å². The van der Waals surface area contributed by atoms with E-state index in [-0.39, 0.29) is 0 Å². The summed E-state index contributed by atoms with van der Waals surface area (Å²) in [5.74, 6) is 1.82. The van der Waals surface area contributed by atoms with Gasteiger partial charge in [-0.05, 0) is 50.1 Å². The first kappa shape index (κ1) is 11.9. The molecule has 0 amide bonds. The van der Waals surface area contributed by atoms with E-state index >= 15 is 0 Å². The van der Waals surface area contributed by atoms with E-state index in [4.69, 9.17) is 15.2 Å². The quantitative estimate of drug-likeness (QED) is 0.755. The van der Waals surface area contributed by atoms with Gasteiger partial charge in [-0.15, -0.1) is 0 Å². The molecule has 3 nitrogen and oxygen atoms in total. The highest BCUT2D eigenvalue weighted by Gasteiger charge is 2.05. The zero-order valence-corrected chi connectivity index (χ0v) is 9.67. The van der Waals surface area contributed by atoms with Gasteiger partial charge in [0.1, 0.15) is 11.5 Å². The second-order valence-corrected chi connectivity index (χ2v) is 3.58. The summed E-state index contributed by atoms with van der Waals surface area (Å²) in [5.41, 5.74) is 7.59. The van der Waals surface area contributed by atoms with Gasteiger partial charge < -0.3 is 15.2 Å². The van der Waals surface area contributed by atoms with Crippen molar-refractivity contribution < 1.29 is 9.47 Å². The van der Waals surface area contributed by atoms with Gasteiger partial charge in [0, 0.05) is 0 Å². The molecule has 0 saturated heterocycles. The van der Waals surface area contributed by atoms with Crippen LogP contribution in [0.25, 0.3) is 0 Å². The van der Waals surface area contributed by atoms with Crippen LogP contribution in [0, 0.1) is 13.8 Å². The lowest BCUT2D eigenvalue weighted by Crippen LogP contribution is -2.07. The van der Waals surface area contributed by atoms with E-state index in [1.807, 2.05) is 26.0 Å². The lowest BCUT2D eigenvalue weighted by Gasteiger charge is -2.12. The Morgan fingerprint density at radius 1 is 1.13 bits per heavy atom. The van der Waals surface area contributed by atoms with Gasteiger partial charge in [0.05, 0.1) is 13.7 Å². The Morgan fingerprint density at radius 2 is 1.73 bits per heavy atom. The number of rotatable bonds is 5. The molecule has 3 heteroatoms. The molecule has 0 bridgehead atoms. The third kappa shape index (κ3) is 3.13. The van der Waals surface area contributed by atoms with Crippen LogP contribution in [0.5, 0.6) is 11.5 Å². The fourth-order valence-electron chi connectivity index (χ4n) is 1.40. The summed E-state index contributed by atoms with van der Waals surface area (Å²) in [4.78, 5) is 0. The SMILES string of the molecule is COc1cc(C)c(OCCCN)cc1C. The first-order valence-electron chi connectivity index (χ1n) is 5.17. The minimum Gasteiger partial charge on any atom is -0.496 e. The highest BCUT2D eigenvalue weighted by atomic mass is 16.5. The minimum absolute atomic E-state index is 0.661. The van der Waals surface area contributed by atoms with E-state index in [2.05, 4.69) is 0 Å². The van der Waals surface area contributed by atoms with Crippen LogP contribution in [0.1, 0.15) is 17.5 Å². The number of nitrogens with two attached hydrogens (primary N) is 1. The zero-order valence-electron chi connectivity index (χ0n) is 9.67. The van der Waals surface area contributed by atoms with Gasteiger partial charge in [0.15, 0.2) is 0 Å². The number of aryl methyl sites for hydroxylation is 2. The van der Waals surface area contributed by atoms with Gasteiger partial charge in [0.2, 0.25) is 0 Å². The van der Waals surface area contributed by atoms with E-state index in [1.165, 1.54) is 0 Å². The summed E-state index contributed by atoms with van der Waals surface area (Å²) in [6.07, 6.45) is 0.879. The molecule has 0 aliphatic rings. The molecule has 84 valence electrons. The zero-order chi connectivity index (χ0) is 11.3. The molecule has 0 heterocycles. The van der Waals surface area contributed by atoms with Gasteiger partial charge >= 0.3 is 0 Å². The second kappa shape index (κ2) is 5.61. The standard InChI is InChI=1S/C12H19NO2/c1-9-8-12(15-6-4-5-13)10(2)7-11(9)14-3/h7-8H,4-6,13H2,1-3H3. The van der Waals surface area contributed by atoms with Crippen LogP contribution in [0.15, 0.2) is 12.1 Å². The Bertz CT molecular complexity index is 324. The smallest absolute Gasteiger partial charge is 0.122 e. The average molecular weight is 209 g/mol. The molecule has 0 unspecified atom stereocenters. The fraction of sp³-hybridized carbons (Fsp3) is 0.500. The van der Waals surface area contributed by atoms with Crippen LogP contribution in [0.4, 0.5) is 0 Å². The van der Waals surface area contributed by atoms with Crippen molar-refractivity contribution >= 4 is 0 Å². The number of hydrogen-bond donors (Lipinski definition) is 1. The van der Waals surface area contributed by atoms with E-state index in [0.717, 1.165) is 29.0 Å². The molecule has 0 aliphatic heterocycles. The summed E-state index contributed by atoms with van der Waals surface area (Å²) in [6.45, 7) is 5.35. The predicted octanol–water partition coefficient (Wildman–Crippen LogP) is 2.04. The molecule has 0 spiro atoms. The fourth-order valence-corrected chi connectivity index (χ4v) is 1.40. The Morgan fingerprint density at radius 3 is 2.33 bits per heavy atom. The molecule has 1 aromatic carbocycles. The van der Waals surface area contributed by atoms with Crippen molar-refractivity contribution in [2.24, 2.45) is 5.73 Å². The molecule has 0 fully saturated rings. The summed E-state index contributed by atoms with van der Waals surface area (Å²) < 4.78 is 10.9. The summed E-state index contributed by atoms with van der Waals surface area (Å²) in [7, 11) is 1.68. The Kier molecular flexibility index (Phi) is 4.43. The van der Waals surface area contributed by atoms with Crippen molar-refractivity contribution in [2.45, 2.75) is 20.3 Å². The largest absolute Gasteiger partial charge is 0.496 e. The van der Waals surface area contributed by atoms with Crippen molar-refractivity contribution in [3.05, 3.63) is 23.3 Å². The minimum atomic E-state index is 0.661. The average Bonchev–Trinajstić information content (AvgIpc) is 2.23. The third-order valence-corrected chi connectivity index (χ3v) is 2.30. The Hall–Kier alpha value is -1.22. The highest BCUT2D eigenvalue weighted by molar-refractivity contribution is 5.45. The first-order valence-corrected chi connectivity index (χ1v) is 5.17. The first-order chi connectivity index (χ1) is 7.19. The van der Waals surface area contributed by atoms with E-state index < -0.39 is 0 Å². The normalized spacial score (nSPS) is 10.1. The summed E-state index contributed by atoms with van der Waals surface area (Å²) >= 11 is 0. The number of ether oxygens (including phenoxy) is 2. The van der Waals surface area contributed by atoms with E-state index in [1.54, 1.807) is 7.11 Å². The highest BCUT2D eigenvalue weighted by Crippen LogP contribution is 2.27. The maximum Gasteiger partial charge on any atom is 0.122 e. The van der Waals surface area contributed by atoms with Gasteiger partial charge in [0.25, 0.3) is 0 Å². The van der Waals surface area contributed by atoms with Crippen LogP contribution in [-0.2, 0) is 0 Å². The number of hydrogen-bond acceptors (Lipinski definition) is 3. The molecule has 2 N–H and O–H groups in total. The maximum atomic E-state index is 5.62. The van der Waals surface area contributed by atoms with Crippen molar-refractivity contribution in [1.82, 2.24) is 0 Å². The van der Waals surface area contributed by atoms with Crippen LogP contribution in [0.2, 0.25) is 0 Å². The predicted molar refractivity (Wildman–Crippen MR) is 61.6 cm³/mol. The van der Waals surface area contributed by atoms with Crippen LogP contribution >= 0.6 is 0 Å². The lowest BCUT2D eigenvalue weighted by atomic mass is 10.1. The molecule has 0 radical (unpaired) electrons. The molecule has 0 aliphatic carbocycles. The second-order valence-electron chi connectivity index (χ2n) is 3.58. The molecule has 0 atom stereocenters. The third-order valence-electron chi connectivity index (χ3n) is 2.30. The molecule has 0 aromatic heterocycles. The van der Waals surface area contributed by atoms with E-state index in [9.17, 15) is 0 Å². The van der Waals surface area contributed by atoms with Crippen LogP contribution in [0.3, 0.4) is 0 Å². The van der Waals surface area contributed by atoms with Crippen LogP contribution in [-0.4, -0.2) is 20.3 Å². The van der Waals surface area contributed by atoms with Gasteiger partial charge in [-0.25, -0.2) is 0 Å². The van der Waals surface area contributed by atoms with Gasteiger partial charge in [-0.2, -0.15) is 0 Å². The summed E-state index contributed by atoms with van der Waals surface area (Å²) in [6, 6.07) is 4.00. The molecule has 1 rings (SSSR count). The Balaban J connectivity index is 2.76. The van der Waals surface area contributed by atoms with Gasteiger partial charge in [-0.1, -0.05) is 0 Å². The summed E-state index contributed by atoms with van der Waals surface area (Å²) in [5, 5.41) is 0. The molecule has 15 heavy (non-hydrogen) atoms. The molecular formula is C12H19NO2. The number of methoxy groups -OCH3 is 1. The van der Waals surface area contributed by atoms with E-state index in [0.29, 0.717) is 13.2 Å². The van der Waals surface area contributed by atoms with Crippen molar-refractivity contribution in [3.63, 3.8) is 0 Å². The van der Waals surface area contributed by atoms with Crippen molar-refractivity contribution in [3.8, 4) is 11.5 Å². The van der Waals surface area contributed by atoms with Crippen molar-refractivity contribution in [2.75, 3.05) is 20.3 Å². The Labute approximate surface area is 91.2 Å². The number of benzene rings is 1. The molecule has 1 aromatic rings. The van der Waals surface area contributed by atoms with Gasteiger partial charge in [-0.3, -0.25) is 0 Å².